The molecule has 0 radical (unpaired) electrons. The number of benzene rings is 1. The summed E-state index contributed by atoms with van der Waals surface area (Å²) in [4.78, 5) is 31.9. The van der Waals surface area contributed by atoms with Crippen LogP contribution in [0, 0.1) is 0 Å². The maximum Gasteiger partial charge on any atom is 0.252 e. The van der Waals surface area contributed by atoms with Gasteiger partial charge in [0.1, 0.15) is 0 Å². The van der Waals surface area contributed by atoms with Crippen LogP contribution in [0.15, 0.2) is 35.1 Å². The van der Waals surface area contributed by atoms with Crippen molar-refractivity contribution >= 4 is 16.8 Å². The number of rotatable bonds is 2. The standard InChI is InChI=1S/C19H25N3O2/c1-19(2,3)22-10-8-21(9-11-22)17(23)13-15-12-14-6-4-5-7-16(14)20-18(15)24/h4-7,12H,8-11,13H2,1-3H3,(H,20,24). The highest BCUT2D eigenvalue weighted by molar-refractivity contribution is 5.82. The second-order valence-electron chi connectivity index (χ2n) is 7.43. The molecule has 0 saturated carbocycles. The molecule has 128 valence electrons. The molecule has 1 saturated heterocycles. The normalized spacial score (nSPS) is 16.5. The molecule has 0 atom stereocenters. The van der Waals surface area contributed by atoms with E-state index in [9.17, 15) is 9.59 Å². The lowest BCUT2D eigenvalue weighted by Crippen LogP contribution is -2.55. The van der Waals surface area contributed by atoms with Gasteiger partial charge in [0.25, 0.3) is 5.56 Å². The van der Waals surface area contributed by atoms with E-state index in [1.54, 1.807) is 0 Å². The Hall–Kier alpha value is -2.14. The number of hydrogen-bond donors (Lipinski definition) is 1. The van der Waals surface area contributed by atoms with Crippen LogP contribution in [0.25, 0.3) is 10.9 Å². The number of nitrogens with zero attached hydrogens (tertiary/aromatic N) is 2. The Kier molecular flexibility index (Phi) is 4.45. The Morgan fingerprint density at radius 1 is 1.12 bits per heavy atom. The van der Waals surface area contributed by atoms with Gasteiger partial charge in [0.2, 0.25) is 5.91 Å². The molecule has 1 aromatic heterocycles. The first-order valence-corrected chi connectivity index (χ1v) is 8.48. The molecule has 3 rings (SSSR count). The molecule has 0 spiro atoms. The van der Waals surface area contributed by atoms with Crippen molar-refractivity contribution in [2.75, 3.05) is 26.2 Å². The Bertz CT molecular complexity index is 796. The molecule has 0 unspecified atom stereocenters. The van der Waals surface area contributed by atoms with E-state index in [1.165, 1.54) is 0 Å². The number of carbonyl (C=O) groups is 1. The van der Waals surface area contributed by atoms with Gasteiger partial charge in [0.15, 0.2) is 0 Å². The molecule has 24 heavy (non-hydrogen) atoms. The number of H-pyrrole nitrogens is 1. The van der Waals surface area contributed by atoms with Gasteiger partial charge in [-0.05, 0) is 38.3 Å². The number of fused-ring (bicyclic) bond motifs is 1. The van der Waals surface area contributed by atoms with E-state index in [4.69, 9.17) is 0 Å². The lowest BCUT2D eigenvalue weighted by molar-refractivity contribution is -0.133. The van der Waals surface area contributed by atoms with Crippen LogP contribution in [0.2, 0.25) is 0 Å². The van der Waals surface area contributed by atoms with Gasteiger partial charge < -0.3 is 9.88 Å². The fourth-order valence-electron chi connectivity index (χ4n) is 3.23. The largest absolute Gasteiger partial charge is 0.340 e. The number of piperazine rings is 1. The van der Waals surface area contributed by atoms with Gasteiger partial charge in [0, 0.05) is 42.8 Å². The van der Waals surface area contributed by atoms with Crippen molar-refractivity contribution in [2.45, 2.75) is 32.7 Å². The number of para-hydroxylation sites is 1. The van der Waals surface area contributed by atoms with Crippen LogP contribution in [-0.2, 0) is 11.2 Å². The SMILES string of the molecule is CC(C)(C)N1CCN(C(=O)Cc2cc3ccccc3[nH]c2=O)CC1. The van der Waals surface area contributed by atoms with Crippen molar-refractivity contribution in [1.29, 1.82) is 0 Å². The molecule has 0 bridgehead atoms. The number of pyridine rings is 1. The van der Waals surface area contributed by atoms with Crippen molar-refractivity contribution in [3.05, 3.63) is 46.2 Å². The zero-order chi connectivity index (χ0) is 17.3. The monoisotopic (exact) mass is 327 g/mol. The van der Waals surface area contributed by atoms with E-state index in [0.29, 0.717) is 5.56 Å². The van der Waals surface area contributed by atoms with Crippen molar-refractivity contribution in [1.82, 2.24) is 14.8 Å². The highest BCUT2D eigenvalue weighted by Gasteiger charge is 2.27. The number of hydrogen-bond acceptors (Lipinski definition) is 3. The Morgan fingerprint density at radius 2 is 1.79 bits per heavy atom. The lowest BCUT2D eigenvalue weighted by Gasteiger charge is -2.42. The molecule has 1 amide bonds. The van der Waals surface area contributed by atoms with Crippen LogP contribution in [0.4, 0.5) is 0 Å². The minimum Gasteiger partial charge on any atom is -0.340 e. The molecule has 0 aliphatic carbocycles. The van der Waals surface area contributed by atoms with E-state index < -0.39 is 0 Å². The van der Waals surface area contributed by atoms with E-state index >= 15 is 0 Å². The zero-order valence-electron chi connectivity index (χ0n) is 14.6. The summed E-state index contributed by atoms with van der Waals surface area (Å²) in [5.41, 5.74) is 1.30. The number of aromatic nitrogens is 1. The Morgan fingerprint density at radius 3 is 2.46 bits per heavy atom. The predicted octanol–water partition coefficient (Wildman–Crippen LogP) is 2.01. The highest BCUT2D eigenvalue weighted by atomic mass is 16.2. The molecule has 1 aromatic carbocycles. The van der Waals surface area contributed by atoms with Crippen LogP contribution >= 0.6 is 0 Å². The average Bonchev–Trinajstić information content (AvgIpc) is 2.55. The molecule has 1 aliphatic rings. The van der Waals surface area contributed by atoms with Crippen LogP contribution in [-0.4, -0.2) is 52.4 Å². The minimum absolute atomic E-state index is 0.0318. The summed E-state index contributed by atoms with van der Waals surface area (Å²) in [5, 5.41) is 0.956. The summed E-state index contributed by atoms with van der Waals surface area (Å²) >= 11 is 0. The first-order valence-electron chi connectivity index (χ1n) is 8.48. The van der Waals surface area contributed by atoms with Gasteiger partial charge >= 0.3 is 0 Å². The molecule has 1 fully saturated rings. The molecular weight excluding hydrogens is 302 g/mol. The minimum atomic E-state index is -0.171. The summed E-state index contributed by atoms with van der Waals surface area (Å²) in [6, 6.07) is 9.46. The van der Waals surface area contributed by atoms with E-state index in [0.717, 1.165) is 37.1 Å². The third kappa shape index (κ3) is 3.51. The maximum absolute atomic E-state index is 12.6. The number of carbonyl (C=O) groups excluding carboxylic acids is 1. The smallest absolute Gasteiger partial charge is 0.252 e. The average molecular weight is 327 g/mol. The van der Waals surface area contributed by atoms with Crippen molar-refractivity contribution in [2.24, 2.45) is 0 Å². The van der Waals surface area contributed by atoms with Gasteiger partial charge in [-0.25, -0.2) is 0 Å². The Balaban J connectivity index is 1.70. The van der Waals surface area contributed by atoms with Crippen LogP contribution < -0.4 is 5.56 Å². The fourth-order valence-corrected chi connectivity index (χ4v) is 3.23. The topological polar surface area (TPSA) is 56.4 Å². The van der Waals surface area contributed by atoms with Crippen LogP contribution in [0.5, 0.6) is 0 Å². The molecule has 5 heteroatoms. The van der Waals surface area contributed by atoms with Gasteiger partial charge in [-0.1, -0.05) is 18.2 Å². The molecule has 1 N–H and O–H groups in total. The van der Waals surface area contributed by atoms with Gasteiger partial charge in [-0.2, -0.15) is 0 Å². The quantitative estimate of drug-likeness (QED) is 0.918. The van der Waals surface area contributed by atoms with Gasteiger partial charge in [-0.15, -0.1) is 0 Å². The lowest BCUT2D eigenvalue weighted by atomic mass is 10.0. The van der Waals surface area contributed by atoms with Crippen molar-refractivity contribution in [3.63, 3.8) is 0 Å². The van der Waals surface area contributed by atoms with Gasteiger partial charge in [-0.3, -0.25) is 14.5 Å². The summed E-state index contributed by atoms with van der Waals surface area (Å²) in [5.74, 6) is 0.0318. The van der Waals surface area contributed by atoms with E-state index in [-0.39, 0.29) is 23.4 Å². The second kappa shape index (κ2) is 6.40. The zero-order valence-corrected chi connectivity index (χ0v) is 14.6. The predicted molar refractivity (Wildman–Crippen MR) is 96.2 cm³/mol. The number of amides is 1. The second-order valence-corrected chi connectivity index (χ2v) is 7.43. The third-order valence-electron chi connectivity index (χ3n) is 4.75. The van der Waals surface area contributed by atoms with Crippen molar-refractivity contribution in [3.8, 4) is 0 Å². The van der Waals surface area contributed by atoms with Gasteiger partial charge in [0.05, 0.1) is 6.42 Å². The van der Waals surface area contributed by atoms with E-state index in [1.807, 2.05) is 35.2 Å². The summed E-state index contributed by atoms with van der Waals surface area (Å²) < 4.78 is 0. The first-order chi connectivity index (χ1) is 11.3. The number of nitrogens with one attached hydrogen (secondary N) is 1. The van der Waals surface area contributed by atoms with Crippen LogP contribution in [0.1, 0.15) is 26.3 Å². The molecular formula is C19H25N3O2. The van der Waals surface area contributed by atoms with Crippen molar-refractivity contribution < 1.29 is 4.79 Å². The fraction of sp³-hybridized carbons (Fsp3) is 0.474. The molecule has 2 heterocycles. The molecule has 2 aromatic rings. The maximum atomic E-state index is 12.6. The molecule has 5 nitrogen and oxygen atoms in total. The highest BCUT2D eigenvalue weighted by Crippen LogP contribution is 2.16. The Labute approximate surface area is 142 Å². The van der Waals surface area contributed by atoms with Crippen LogP contribution in [0.3, 0.4) is 0 Å². The summed E-state index contributed by atoms with van der Waals surface area (Å²) in [6.45, 7) is 9.78. The summed E-state index contributed by atoms with van der Waals surface area (Å²) in [7, 11) is 0. The number of aromatic amines is 1. The first kappa shape index (κ1) is 16.7. The molecule has 1 aliphatic heterocycles. The summed E-state index contributed by atoms with van der Waals surface area (Å²) in [6.07, 6.45) is 0.162. The van der Waals surface area contributed by atoms with E-state index in [2.05, 4.69) is 30.7 Å². The third-order valence-corrected chi connectivity index (χ3v) is 4.75.